The summed E-state index contributed by atoms with van der Waals surface area (Å²) >= 11 is 0. The van der Waals surface area contributed by atoms with Crippen LogP contribution in [0.5, 0.6) is 0 Å². The van der Waals surface area contributed by atoms with E-state index in [2.05, 4.69) is 46.4 Å². The predicted octanol–water partition coefficient (Wildman–Crippen LogP) is 2.80. The van der Waals surface area contributed by atoms with Crippen LogP contribution in [0.3, 0.4) is 0 Å². The van der Waals surface area contributed by atoms with Crippen LogP contribution in [0.1, 0.15) is 65.2 Å². The van der Waals surface area contributed by atoms with Crippen molar-refractivity contribution < 1.29 is 0 Å². The molecular formula is C13H27N5. The number of aromatic amines is 1. The summed E-state index contributed by atoms with van der Waals surface area (Å²) in [6.07, 6.45) is 5.00. The summed E-state index contributed by atoms with van der Waals surface area (Å²) in [4.78, 5) is 2.42. The van der Waals surface area contributed by atoms with Gasteiger partial charge in [0.05, 0.1) is 6.04 Å². The van der Waals surface area contributed by atoms with E-state index in [9.17, 15) is 0 Å². The van der Waals surface area contributed by atoms with Gasteiger partial charge in [-0.1, -0.05) is 45.7 Å². The third kappa shape index (κ3) is 3.28. The molecule has 0 bridgehead atoms. The molecule has 5 nitrogen and oxygen atoms in total. The van der Waals surface area contributed by atoms with E-state index in [0.717, 1.165) is 18.2 Å². The standard InChI is InChI=1S/C11H21N5.C2H6/c1-4-5-6-9-8(2)7-10(16(9)3)11-12-14-15-13-11;1-2/h8-10H,4-7H2,1-3H3,(H,12,13,14,15);1-2H3. The van der Waals surface area contributed by atoms with Crippen molar-refractivity contribution in [3.8, 4) is 0 Å². The maximum absolute atomic E-state index is 4.11. The molecule has 0 aliphatic carbocycles. The Morgan fingerprint density at radius 1 is 1.39 bits per heavy atom. The number of H-pyrrole nitrogens is 1. The Balaban J connectivity index is 0.000000771. The number of nitrogens with zero attached hydrogens (tertiary/aromatic N) is 4. The average Bonchev–Trinajstić information content (AvgIpc) is 2.99. The zero-order valence-electron chi connectivity index (χ0n) is 12.3. The van der Waals surface area contributed by atoms with E-state index >= 15 is 0 Å². The van der Waals surface area contributed by atoms with E-state index in [1.54, 1.807) is 0 Å². The summed E-state index contributed by atoms with van der Waals surface area (Å²) in [7, 11) is 2.19. The van der Waals surface area contributed by atoms with Gasteiger partial charge in [-0.05, 0) is 25.8 Å². The van der Waals surface area contributed by atoms with E-state index in [-0.39, 0.29) is 0 Å². The van der Waals surface area contributed by atoms with Gasteiger partial charge in [0.15, 0.2) is 5.82 Å². The molecule has 1 fully saturated rings. The van der Waals surface area contributed by atoms with Crippen LogP contribution in [0, 0.1) is 5.92 Å². The fourth-order valence-electron chi connectivity index (χ4n) is 2.81. The van der Waals surface area contributed by atoms with Crippen LogP contribution in [-0.4, -0.2) is 38.6 Å². The van der Waals surface area contributed by atoms with Crippen LogP contribution >= 0.6 is 0 Å². The van der Waals surface area contributed by atoms with Crippen molar-refractivity contribution in [3.63, 3.8) is 0 Å². The summed E-state index contributed by atoms with van der Waals surface area (Å²) in [5.74, 6) is 1.56. The molecule has 18 heavy (non-hydrogen) atoms. The van der Waals surface area contributed by atoms with Crippen molar-refractivity contribution >= 4 is 0 Å². The van der Waals surface area contributed by atoms with Crippen LogP contribution in [0.4, 0.5) is 0 Å². The first kappa shape index (κ1) is 15.1. The number of aromatic nitrogens is 4. The Morgan fingerprint density at radius 3 is 2.67 bits per heavy atom. The number of unbranched alkanes of at least 4 members (excludes halogenated alkanes) is 1. The smallest absolute Gasteiger partial charge is 0.191 e. The molecule has 1 aromatic heterocycles. The molecule has 0 amide bonds. The van der Waals surface area contributed by atoms with Crippen LogP contribution in [0.15, 0.2) is 0 Å². The Kier molecular flexibility index (Phi) is 6.25. The first-order valence-corrected chi connectivity index (χ1v) is 7.19. The van der Waals surface area contributed by atoms with E-state index < -0.39 is 0 Å². The molecule has 0 spiro atoms. The SMILES string of the molecule is CC.CCCCC1C(C)CC(c2nn[nH]n2)N1C. The minimum absolute atomic E-state index is 0.343. The predicted molar refractivity (Wildman–Crippen MR) is 73.1 cm³/mol. The number of hydrogen-bond donors (Lipinski definition) is 1. The van der Waals surface area contributed by atoms with Gasteiger partial charge in [-0.3, -0.25) is 4.90 Å². The highest BCUT2D eigenvalue weighted by molar-refractivity contribution is 4.99. The molecule has 3 unspecified atom stereocenters. The molecule has 2 rings (SSSR count). The zero-order valence-corrected chi connectivity index (χ0v) is 12.3. The second-order valence-electron chi connectivity index (χ2n) is 4.87. The Bertz CT molecular complexity index is 311. The molecule has 0 radical (unpaired) electrons. The van der Waals surface area contributed by atoms with Gasteiger partial charge in [-0.15, -0.1) is 10.2 Å². The van der Waals surface area contributed by atoms with Gasteiger partial charge in [0, 0.05) is 6.04 Å². The van der Waals surface area contributed by atoms with Crippen LogP contribution in [0.2, 0.25) is 0 Å². The maximum Gasteiger partial charge on any atom is 0.191 e. The highest BCUT2D eigenvalue weighted by Gasteiger charge is 2.38. The molecule has 1 aliphatic rings. The van der Waals surface area contributed by atoms with E-state index in [4.69, 9.17) is 0 Å². The molecule has 1 aromatic rings. The van der Waals surface area contributed by atoms with Crippen molar-refractivity contribution in [3.05, 3.63) is 5.82 Å². The van der Waals surface area contributed by atoms with E-state index in [1.165, 1.54) is 19.3 Å². The normalized spacial score (nSPS) is 27.9. The van der Waals surface area contributed by atoms with E-state index in [0.29, 0.717) is 12.1 Å². The molecule has 0 aromatic carbocycles. The lowest BCUT2D eigenvalue weighted by atomic mass is 9.97. The Hall–Kier alpha value is -0.970. The summed E-state index contributed by atoms with van der Waals surface area (Å²) in [6.45, 7) is 8.58. The highest BCUT2D eigenvalue weighted by Crippen LogP contribution is 2.38. The fraction of sp³-hybridized carbons (Fsp3) is 0.923. The van der Waals surface area contributed by atoms with Gasteiger partial charge >= 0.3 is 0 Å². The molecule has 1 N–H and O–H groups in total. The average molecular weight is 253 g/mol. The fourth-order valence-corrected chi connectivity index (χ4v) is 2.81. The van der Waals surface area contributed by atoms with Crippen molar-refractivity contribution in [2.24, 2.45) is 5.92 Å². The molecule has 1 aliphatic heterocycles. The lowest BCUT2D eigenvalue weighted by Crippen LogP contribution is -2.30. The summed E-state index contributed by atoms with van der Waals surface area (Å²) < 4.78 is 0. The number of hydrogen-bond acceptors (Lipinski definition) is 4. The molecule has 3 atom stereocenters. The second-order valence-corrected chi connectivity index (χ2v) is 4.87. The first-order chi connectivity index (χ1) is 8.74. The minimum atomic E-state index is 0.343. The lowest BCUT2D eigenvalue weighted by molar-refractivity contribution is 0.209. The van der Waals surface area contributed by atoms with Crippen molar-refractivity contribution in [1.82, 2.24) is 25.5 Å². The maximum atomic E-state index is 4.11. The van der Waals surface area contributed by atoms with Gasteiger partial charge in [0.2, 0.25) is 0 Å². The van der Waals surface area contributed by atoms with Crippen LogP contribution in [0.25, 0.3) is 0 Å². The molecule has 104 valence electrons. The second kappa shape index (κ2) is 7.46. The third-order valence-corrected chi connectivity index (χ3v) is 3.78. The molecule has 2 heterocycles. The van der Waals surface area contributed by atoms with Crippen molar-refractivity contribution in [2.75, 3.05) is 7.05 Å². The summed E-state index contributed by atoms with van der Waals surface area (Å²) in [6, 6.07) is 1.01. The largest absolute Gasteiger partial charge is 0.293 e. The quantitative estimate of drug-likeness (QED) is 0.896. The van der Waals surface area contributed by atoms with Crippen molar-refractivity contribution in [2.45, 2.75) is 65.5 Å². The monoisotopic (exact) mass is 253 g/mol. The zero-order chi connectivity index (χ0) is 13.5. The Morgan fingerprint density at radius 2 is 2.11 bits per heavy atom. The van der Waals surface area contributed by atoms with E-state index in [1.807, 2.05) is 13.8 Å². The minimum Gasteiger partial charge on any atom is -0.293 e. The molecule has 0 saturated carbocycles. The van der Waals surface area contributed by atoms with Gasteiger partial charge < -0.3 is 0 Å². The lowest BCUT2D eigenvalue weighted by Gasteiger charge is -2.25. The van der Waals surface area contributed by atoms with Gasteiger partial charge in [0.1, 0.15) is 0 Å². The van der Waals surface area contributed by atoms with Crippen molar-refractivity contribution in [1.29, 1.82) is 0 Å². The van der Waals surface area contributed by atoms with Gasteiger partial charge in [-0.25, -0.2) is 0 Å². The Labute approximate surface area is 110 Å². The number of likely N-dealkylation sites (tertiary alicyclic amines) is 1. The summed E-state index contributed by atoms with van der Waals surface area (Å²) in [5.41, 5.74) is 0. The first-order valence-electron chi connectivity index (χ1n) is 7.19. The molecule has 5 heteroatoms. The third-order valence-electron chi connectivity index (χ3n) is 3.78. The van der Waals surface area contributed by atoms with Crippen LogP contribution < -0.4 is 0 Å². The molecule has 1 saturated heterocycles. The number of rotatable bonds is 4. The number of nitrogens with one attached hydrogen (secondary N) is 1. The topological polar surface area (TPSA) is 57.7 Å². The van der Waals surface area contributed by atoms with Crippen LogP contribution in [-0.2, 0) is 0 Å². The summed E-state index contributed by atoms with van der Waals surface area (Å²) in [5, 5.41) is 14.4. The highest BCUT2D eigenvalue weighted by atomic mass is 15.5. The number of tetrazole rings is 1. The van der Waals surface area contributed by atoms with Gasteiger partial charge in [0.25, 0.3) is 0 Å². The molecular weight excluding hydrogens is 226 g/mol. The van der Waals surface area contributed by atoms with Gasteiger partial charge in [-0.2, -0.15) is 5.21 Å².